The molecule has 122 valence electrons. The highest BCUT2D eigenvalue weighted by Crippen LogP contribution is 2.20. The number of nitrogens with one attached hydrogen (secondary N) is 2. The minimum atomic E-state index is -0.509. The van der Waals surface area contributed by atoms with Crippen LogP contribution in [0.5, 0.6) is 0 Å². The summed E-state index contributed by atoms with van der Waals surface area (Å²) in [5.41, 5.74) is 1.78. The van der Waals surface area contributed by atoms with Crippen LogP contribution in [0.4, 0.5) is 0 Å². The van der Waals surface area contributed by atoms with E-state index in [1.54, 1.807) is 37.5 Å². The molecule has 7 heteroatoms. The monoisotopic (exact) mass is 323 g/mol. The number of carbonyl (C=O) groups is 1. The average molecular weight is 323 g/mol. The van der Waals surface area contributed by atoms with Gasteiger partial charge >= 0.3 is 0 Å². The second-order valence-corrected chi connectivity index (χ2v) is 5.57. The Hall–Kier alpha value is -3.09. The predicted molar refractivity (Wildman–Crippen MR) is 89.4 cm³/mol. The minimum absolute atomic E-state index is 0.193. The third kappa shape index (κ3) is 3.15. The Balaban J connectivity index is 1.80. The number of carbonyl (C=O) groups excluding carboxylic acids is 1. The number of aromatic amines is 1. The Kier molecular flexibility index (Phi) is 4.33. The van der Waals surface area contributed by atoms with E-state index >= 15 is 0 Å². The fourth-order valence-corrected chi connectivity index (χ4v) is 2.43. The lowest BCUT2D eigenvalue weighted by Crippen LogP contribution is -2.29. The first-order valence-corrected chi connectivity index (χ1v) is 7.59. The molecule has 0 fully saturated rings. The average Bonchev–Trinajstić information content (AvgIpc) is 2.61. The maximum absolute atomic E-state index is 12.4. The quantitative estimate of drug-likeness (QED) is 0.756. The summed E-state index contributed by atoms with van der Waals surface area (Å²) in [7, 11) is 0. The SMILES string of the molecule is Cc1cnc(CNC(=O)[C@H](C)c2n[nH]c(=O)c3ccccc23)cn1. The molecule has 2 aromatic heterocycles. The smallest absolute Gasteiger partial charge is 0.272 e. The molecule has 0 radical (unpaired) electrons. The third-order valence-electron chi connectivity index (χ3n) is 3.81. The first-order valence-electron chi connectivity index (χ1n) is 7.59. The number of H-pyrrole nitrogens is 1. The Morgan fingerprint density at radius 2 is 1.96 bits per heavy atom. The van der Waals surface area contributed by atoms with Crippen LogP contribution in [0.15, 0.2) is 41.5 Å². The highest BCUT2D eigenvalue weighted by Gasteiger charge is 2.20. The molecule has 0 bridgehead atoms. The highest BCUT2D eigenvalue weighted by atomic mass is 16.2. The first-order chi connectivity index (χ1) is 11.6. The highest BCUT2D eigenvalue weighted by molar-refractivity contribution is 5.90. The van der Waals surface area contributed by atoms with Crippen LogP contribution in [0.25, 0.3) is 10.8 Å². The molecule has 1 amide bonds. The van der Waals surface area contributed by atoms with Crippen LogP contribution in [0.2, 0.25) is 0 Å². The van der Waals surface area contributed by atoms with Gasteiger partial charge in [-0.25, -0.2) is 5.10 Å². The van der Waals surface area contributed by atoms with E-state index in [4.69, 9.17) is 0 Å². The summed E-state index contributed by atoms with van der Waals surface area (Å²) in [6.07, 6.45) is 3.29. The summed E-state index contributed by atoms with van der Waals surface area (Å²) in [5.74, 6) is -0.702. The normalized spacial score (nSPS) is 12.1. The number of hydrogen-bond acceptors (Lipinski definition) is 5. The van der Waals surface area contributed by atoms with Gasteiger partial charge in [-0.05, 0) is 19.9 Å². The lowest BCUT2D eigenvalue weighted by Gasteiger charge is -2.13. The fourth-order valence-electron chi connectivity index (χ4n) is 2.43. The largest absolute Gasteiger partial charge is 0.350 e. The van der Waals surface area contributed by atoms with E-state index < -0.39 is 5.92 Å². The van der Waals surface area contributed by atoms with Crippen molar-refractivity contribution in [2.45, 2.75) is 26.3 Å². The van der Waals surface area contributed by atoms with E-state index in [0.717, 1.165) is 5.69 Å². The second kappa shape index (κ2) is 6.57. The van der Waals surface area contributed by atoms with Crippen molar-refractivity contribution in [3.63, 3.8) is 0 Å². The maximum Gasteiger partial charge on any atom is 0.272 e. The van der Waals surface area contributed by atoms with E-state index in [0.29, 0.717) is 22.2 Å². The Morgan fingerprint density at radius 1 is 1.21 bits per heavy atom. The van der Waals surface area contributed by atoms with E-state index in [9.17, 15) is 9.59 Å². The van der Waals surface area contributed by atoms with Crippen molar-refractivity contribution in [2.24, 2.45) is 0 Å². The van der Waals surface area contributed by atoms with Gasteiger partial charge in [0.2, 0.25) is 5.91 Å². The summed E-state index contributed by atoms with van der Waals surface area (Å²) in [6.45, 7) is 3.89. The van der Waals surface area contributed by atoms with Crippen LogP contribution in [-0.2, 0) is 11.3 Å². The van der Waals surface area contributed by atoms with Crippen LogP contribution in [0.1, 0.15) is 29.9 Å². The van der Waals surface area contributed by atoms with Gasteiger partial charge in [-0.15, -0.1) is 0 Å². The molecule has 7 nitrogen and oxygen atoms in total. The number of fused-ring (bicyclic) bond motifs is 1. The molecule has 0 spiro atoms. The molecular weight excluding hydrogens is 306 g/mol. The number of rotatable bonds is 4. The zero-order valence-electron chi connectivity index (χ0n) is 13.4. The first kappa shape index (κ1) is 15.8. The van der Waals surface area contributed by atoms with Gasteiger partial charge in [-0.1, -0.05) is 18.2 Å². The number of amides is 1. The van der Waals surface area contributed by atoms with Crippen LogP contribution in [-0.4, -0.2) is 26.1 Å². The van der Waals surface area contributed by atoms with Gasteiger partial charge in [0.05, 0.1) is 41.1 Å². The van der Waals surface area contributed by atoms with Crippen molar-refractivity contribution < 1.29 is 4.79 Å². The Labute approximate surface area is 138 Å². The molecule has 1 atom stereocenters. The molecule has 1 aromatic carbocycles. The Morgan fingerprint density at radius 3 is 2.67 bits per heavy atom. The summed E-state index contributed by atoms with van der Waals surface area (Å²) in [4.78, 5) is 32.6. The molecule has 3 rings (SSSR count). The van der Waals surface area contributed by atoms with Gasteiger partial charge in [0.15, 0.2) is 0 Å². The van der Waals surface area contributed by atoms with Gasteiger partial charge in [0, 0.05) is 11.6 Å². The number of aromatic nitrogens is 4. The summed E-state index contributed by atoms with van der Waals surface area (Å²) < 4.78 is 0. The molecule has 2 heterocycles. The summed E-state index contributed by atoms with van der Waals surface area (Å²) in [6, 6.07) is 7.11. The van der Waals surface area contributed by atoms with Gasteiger partial charge < -0.3 is 5.32 Å². The standard InChI is InChI=1S/C17H17N5O2/c1-10-7-19-12(8-18-10)9-20-16(23)11(2)15-13-5-3-4-6-14(13)17(24)22-21-15/h3-8,11H,9H2,1-2H3,(H,20,23)(H,22,24)/t11-/m1/s1. The van der Waals surface area contributed by atoms with E-state index in [2.05, 4.69) is 25.5 Å². The molecular formula is C17H17N5O2. The third-order valence-corrected chi connectivity index (χ3v) is 3.81. The number of benzene rings is 1. The van der Waals surface area contributed by atoms with Gasteiger partial charge in [-0.3, -0.25) is 19.6 Å². The molecule has 2 N–H and O–H groups in total. The second-order valence-electron chi connectivity index (χ2n) is 5.57. The van der Waals surface area contributed by atoms with Crippen LogP contribution in [0.3, 0.4) is 0 Å². The van der Waals surface area contributed by atoms with Crippen LogP contribution in [0, 0.1) is 6.92 Å². The van der Waals surface area contributed by atoms with Gasteiger partial charge in [0.25, 0.3) is 5.56 Å². The molecule has 0 aliphatic heterocycles. The molecule has 3 aromatic rings. The fraction of sp³-hybridized carbons (Fsp3) is 0.235. The van der Waals surface area contributed by atoms with Crippen molar-refractivity contribution in [1.82, 2.24) is 25.5 Å². The number of hydrogen-bond donors (Lipinski definition) is 2. The zero-order valence-corrected chi connectivity index (χ0v) is 13.4. The number of aryl methyl sites for hydroxylation is 1. The summed E-state index contributed by atoms with van der Waals surface area (Å²) in [5, 5.41) is 10.5. The van der Waals surface area contributed by atoms with Crippen molar-refractivity contribution in [2.75, 3.05) is 0 Å². The van der Waals surface area contributed by atoms with Crippen molar-refractivity contribution in [3.05, 3.63) is 64.1 Å². The number of nitrogens with zero attached hydrogens (tertiary/aromatic N) is 3. The van der Waals surface area contributed by atoms with Crippen molar-refractivity contribution in [1.29, 1.82) is 0 Å². The molecule has 0 unspecified atom stereocenters. The molecule has 24 heavy (non-hydrogen) atoms. The van der Waals surface area contributed by atoms with Crippen molar-refractivity contribution in [3.8, 4) is 0 Å². The molecule has 0 saturated heterocycles. The van der Waals surface area contributed by atoms with Gasteiger partial charge in [-0.2, -0.15) is 5.10 Å². The van der Waals surface area contributed by atoms with Crippen LogP contribution < -0.4 is 10.9 Å². The maximum atomic E-state index is 12.4. The van der Waals surface area contributed by atoms with Crippen LogP contribution >= 0.6 is 0 Å². The lowest BCUT2D eigenvalue weighted by molar-refractivity contribution is -0.122. The van der Waals surface area contributed by atoms with E-state index in [-0.39, 0.29) is 18.0 Å². The zero-order chi connectivity index (χ0) is 17.1. The molecule has 0 aliphatic rings. The predicted octanol–water partition coefficient (Wildman–Crippen LogP) is 1.44. The minimum Gasteiger partial charge on any atom is -0.350 e. The molecule has 0 saturated carbocycles. The van der Waals surface area contributed by atoms with Gasteiger partial charge in [0.1, 0.15) is 0 Å². The van der Waals surface area contributed by atoms with E-state index in [1.165, 1.54) is 0 Å². The summed E-state index contributed by atoms with van der Waals surface area (Å²) >= 11 is 0. The van der Waals surface area contributed by atoms with E-state index in [1.807, 2.05) is 13.0 Å². The Bertz CT molecular complexity index is 934. The van der Waals surface area contributed by atoms with Crippen molar-refractivity contribution >= 4 is 16.7 Å². The lowest BCUT2D eigenvalue weighted by atomic mass is 10.0. The molecule has 0 aliphatic carbocycles. The topological polar surface area (TPSA) is 101 Å².